The molecule has 2 N–H and O–H groups in total. The number of hydrogen-bond donors (Lipinski definition) is 2. The van der Waals surface area contributed by atoms with E-state index in [-0.39, 0.29) is 12.3 Å². The van der Waals surface area contributed by atoms with Crippen molar-refractivity contribution in [2.24, 2.45) is 0 Å². The molecule has 4 heteroatoms. The minimum Gasteiger partial charge on any atom is -0.396 e. The Kier molecular flexibility index (Phi) is 2.28. The summed E-state index contributed by atoms with van der Waals surface area (Å²) in [6.45, 7) is 0.000444. The van der Waals surface area contributed by atoms with Crippen LogP contribution in [0.3, 0.4) is 0 Å². The molecule has 0 saturated carbocycles. The minimum absolute atomic E-state index is 0.000444. The number of hydrogen-bond acceptors (Lipinski definition) is 3. The maximum atomic E-state index is 11.1. The highest BCUT2D eigenvalue weighted by atomic mass is 16.3. The Bertz CT molecular complexity index is 505. The predicted octanol–water partition coefficient (Wildman–Crippen LogP) is 0.458. The standard InChI is InChI=1S/C10H10N2O2/c13-6-5-9-7-3-1-2-4-8(7)11-10(14)12-9/h1-4,13H,5-6H2,(H,11,12,14). The lowest BCUT2D eigenvalue weighted by atomic mass is 10.1. The zero-order valence-electron chi connectivity index (χ0n) is 7.53. The van der Waals surface area contributed by atoms with Gasteiger partial charge >= 0.3 is 5.69 Å². The van der Waals surface area contributed by atoms with Gasteiger partial charge in [0.05, 0.1) is 11.2 Å². The van der Waals surface area contributed by atoms with Crippen molar-refractivity contribution in [1.82, 2.24) is 9.97 Å². The third-order valence-corrected chi connectivity index (χ3v) is 2.06. The number of benzene rings is 1. The molecule has 0 aliphatic carbocycles. The number of fused-ring (bicyclic) bond motifs is 1. The monoisotopic (exact) mass is 190 g/mol. The van der Waals surface area contributed by atoms with Crippen LogP contribution >= 0.6 is 0 Å². The zero-order chi connectivity index (χ0) is 9.97. The Morgan fingerprint density at radius 3 is 2.93 bits per heavy atom. The normalized spacial score (nSPS) is 10.6. The van der Waals surface area contributed by atoms with Crippen molar-refractivity contribution in [3.05, 3.63) is 40.4 Å². The fourth-order valence-corrected chi connectivity index (χ4v) is 1.47. The summed E-state index contributed by atoms with van der Waals surface area (Å²) in [6.07, 6.45) is 0.407. The van der Waals surface area contributed by atoms with Gasteiger partial charge in [0.1, 0.15) is 0 Å². The number of nitrogens with one attached hydrogen (secondary N) is 1. The Labute approximate surface area is 80.2 Å². The Balaban J connectivity index is 2.73. The maximum Gasteiger partial charge on any atom is 0.345 e. The second-order valence-corrected chi connectivity index (χ2v) is 3.01. The topological polar surface area (TPSA) is 66.0 Å². The smallest absolute Gasteiger partial charge is 0.345 e. The van der Waals surface area contributed by atoms with Crippen molar-refractivity contribution in [1.29, 1.82) is 0 Å². The van der Waals surface area contributed by atoms with Crippen LogP contribution in [0.1, 0.15) is 5.69 Å². The molecule has 0 aliphatic heterocycles. The fourth-order valence-electron chi connectivity index (χ4n) is 1.47. The molecular formula is C10H10N2O2. The molecule has 14 heavy (non-hydrogen) atoms. The summed E-state index contributed by atoms with van der Waals surface area (Å²) in [4.78, 5) is 17.6. The average molecular weight is 190 g/mol. The molecule has 0 fully saturated rings. The molecule has 0 amide bonds. The van der Waals surface area contributed by atoms with Crippen LogP contribution in [0.4, 0.5) is 0 Å². The van der Waals surface area contributed by atoms with Crippen molar-refractivity contribution < 1.29 is 5.11 Å². The Morgan fingerprint density at radius 1 is 1.36 bits per heavy atom. The summed E-state index contributed by atoms with van der Waals surface area (Å²) < 4.78 is 0. The summed E-state index contributed by atoms with van der Waals surface area (Å²) in [5.74, 6) is 0. The molecular weight excluding hydrogens is 180 g/mol. The average Bonchev–Trinajstić information content (AvgIpc) is 2.18. The van der Waals surface area contributed by atoms with Gasteiger partial charge in [-0.05, 0) is 6.07 Å². The van der Waals surface area contributed by atoms with E-state index in [2.05, 4.69) is 9.97 Å². The predicted molar refractivity (Wildman–Crippen MR) is 53.2 cm³/mol. The van der Waals surface area contributed by atoms with Gasteiger partial charge in [-0.15, -0.1) is 0 Å². The van der Waals surface area contributed by atoms with E-state index in [9.17, 15) is 4.79 Å². The van der Waals surface area contributed by atoms with E-state index in [1.807, 2.05) is 24.3 Å². The molecule has 2 aromatic rings. The van der Waals surface area contributed by atoms with Crippen molar-refractivity contribution in [2.75, 3.05) is 6.61 Å². The lowest BCUT2D eigenvalue weighted by Gasteiger charge is -2.02. The van der Waals surface area contributed by atoms with Gasteiger partial charge in [0.15, 0.2) is 0 Å². The molecule has 0 saturated heterocycles. The Hall–Kier alpha value is -1.68. The van der Waals surface area contributed by atoms with E-state index in [0.29, 0.717) is 12.1 Å². The second-order valence-electron chi connectivity index (χ2n) is 3.01. The van der Waals surface area contributed by atoms with Crippen LogP contribution in [0.2, 0.25) is 0 Å². The third-order valence-electron chi connectivity index (χ3n) is 2.06. The number of aromatic amines is 1. The Morgan fingerprint density at radius 2 is 2.14 bits per heavy atom. The molecule has 0 spiro atoms. The molecule has 0 unspecified atom stereocenters. The first-order valence-electron chi connectivity index (χ1n) is 4.40. The number of H-pyrrole nitrogens is 1. The number of para-hydroxylation sites is 1. The summed E-state index contributed by atoms with van der Waals surface area (Å²) in [5.41, 5.74) is 1.04. The molecule has 4 nitrogen and oxygen atoms in total. The highest BCUT2D eigenvalue weighted by molar-refractivity contribution is 5.80. The maximum absolute atomic E-state index is 11.1. The van der Waals surface area contributed by atoms with Crippen molar-refractivity contribution >= 4 is 10.9 Å². The van der Waals surface area contributed by atoms with Crippen LogP contribution in [0.5, 0.6) is 0 Å². The lowest BCUT2D eigenvalue weighted by molar-refractivity contribution is 0.298. The van der Waals surface area contributed by atoms with E-state index in [4.69, 9.17) is 5.11 Å². The summed E-state index contributed by atoms with van der Waals surface area (Å²) in [7, 11) is 0. The SMILES string of the molecule is O=c1nc(CCO)c2ccccc2[nH]1. The first-order valence-corrected chi connectivity index (χ1v) is 4.40. The van der Waals surface area contributed by atoms with Gasteiger partial charge in [-0.1, -0.05) is 18.2 Å². The largest absolute Gasteiger partial charge is 0.396 e. The van der Waals surface area contributed by atoms with E-state index in [0.717, 1.165) is 10.9 Å². The van der Waals surface area contributed by atoms with Gasteiger partial charge in [-0.3, -0.25) is 0 Å². The molecule has 0 atom stereocenters. The summed E-state index contributed by atoms with van der Waals surface area (Å²) in [5, 5.41) is 9.71. The van der Waals surface area contributed by atoms with Gasteiger partial charge in [-0.2, -0.15) is 4.98 Å². The van der Waals surface area contributed by atoms with Gasteiger partial charge in [0.25, 0.3) is 0 Å². The minimum atomic E-state index is -0.368. The number of aliphatic hydroxyl groups is 1. The van der Waals surface area contributed by atoms with Crippen molar-refractivity contribution in [3.8, 4) is 0 Å². The first kappa shape index (κ1) is 8.90. The van der Waals surface area contributed by atoms with Crippen LogP contribution in [-0.2, 0) is 6.42 Å². The number of aromatic nitrogens is 2. The van der Waals surface area contributed by atoms with Crippen LogP contribution in [-0.4, -0.2) is 21.7 Å². The highest BCUT2D eigenvalue weighted by Gasteiger charge is 2.02. The van der Waals surface area contributed by atoms with Crippen LogP contribution in [0.25, 0.3) is 10.9 Å². The molecule has 2 rings (SSSR count). The van der Waals surface area contributed by atoms with E-state index >= 15 is 0 Å². The number of rotatable bonds is 2. The van der Waals surface area contributed by atoms with Crippen molar-refractivity contribution in [3.63, 3.8) is 0 Å². The highest BCUT2D eigenvalue weighted by Crippen LogP contribution is 2.12. The molecule has 0 aliphatic rings. The summed E-state index contributed by atoms with van der Waals surface area (Å²) >= 11 is 0. The molecule has 72 valence electrons. The molecule has 0 radical (unpaired) electrons. The van der Waals surface area contributed by atoms with Crippen LogP contribution < -0.4 is 5.69 Å². The van der Waals surface area contributed by atoms with Gasteiger partial charge in [0, 0.05) is 18.4 Å². The molecule has 1 heterocycles. The quantitative estimate of drug-likeness (QED) is 0.722. The number of aliphatic hydroxyl groups excluding tert-OH is 1. The van der Waals surface area contributed by atoms with Crippen LogP contribution in [0.15, 0.2) is 29.1 Å². The van der Waals surface area contributed by atoms with Gasteiger partial charge in [0.2, 0.25) is 0 Å². The lowest BCUT2D eigenvalue weighted by Crippen LogP contribution is -2.13. The first-order chi connectivity index (χ1) is 6.81. The molecule has 0 bridgehead atoms. The van der Waals surface area contributed by atoms with E-state index in [1.165, 1.54) is 0 Å². The number of nitrogens with zero attached hydrogens (tertiary/aromatic N) is 1. The molecule has 1 aromatic carbocycles. The van der Waals surface area contributed by atoms with Crippen molar-refractivity contribution in [2.45, 2.75) is 6.42 Å². The third kappa shape index (κ3) is 1.52. The van der Waals surface area contributed by atoms with Gasteiger partial charge in [-0.25, -0.2) is 4.79 Å². The van der Waals surface area contributed by atoms with E-state index < -0.39 is 0 Å². The summed E-state index contributed by atoms with van der Waals surface area (Å²) in [6, 6.07) is 7.42. The second kappa shape index (κ2) is 3.59. The molecule has 1 aromatic heterocycles. The fraction of sp³-hybridized carbons (Fsp3) is 0.200. The van der Waals surface area contributed by atoms with E-state index in [1.54, 1.807) is 0 Å². The zero-order valence-corrected chi connectivity index (χ0v) is 7.53. The van der Waals surface area contributed by atoms with Crippen LogP contribution in [0, 0.1) is 0 Å². The van der Waals surface area contributed by atoms with Gasteiger partial charge < -0.3 is 10.1 Å².